The molecule has 1 N–H and O–H groups in total. The number of nitrogens with one attached hydrogen (secondary N) is 1. The van der Waals surface area contributed by atoms with Crippen LogP contribution in [0.3, 0.4) is 0 Å². The SMILES string of the molecule is CN1CCC(NCC2CCCCN2c2ccc(=O)n(Cc3cccc(F)c3)n2)CC1. The summed E-state index contributed by atoms with van der Waals surface area (Å²) < 4.78 is 15.0. The van der Waals surface area contributed by atoms with E-state index in [2.05, 4.69) is 27.3 Å². The summed E-state index contributed by atoms with van der Waals surface area (Å²) in [5.41, 5.74) is 0.571. The standard InChI is InChI=1S/C23H32FN5O/c1-27-13-10-20(11-14-27)25-16-21-7-2-3-12-28(21)22-8-9-23(30)29(26-22)17-18-5-4-6-19(24)15-18/h4-6,8-9,15,20-21,25H,2-3,7,10-14,16-17H2,1H3. The van der Waals surface area contributed by atoms with Crippen molar-refractivity contribution in [3.05, 3.63) is 58.1 Å². The average Bonchev–Trinajstić information content (AvgIpc) is 2.75. The molecule has 2 aromatic rings. The summed E-state index contributed by atoms with van der Waals surface area (Å²) in [7, 11) is 2.18. The lowest BCUT2D eigenvalue weighted by Crippen LogP contribution is -2.50. The first-order chi connectivity index (χ1) is 14.6. The molecule has 162 valence electrons. The summed E-state index contributed by atoms with van der Waals surface area (Å²) >= 11 is 0. The Morgan fingerprint density at radius 2 is 1.93 bits per heavy atom. The van der Waals surface area contributed by atoms with E-state index in [1.165, 1.54) is 36.1 Å². The van der Waals surface area contributed by atoms with Crippen LogP contribution in [0.1, 0.15) is 37.7 Å². The van der Waals surface area contributed by atoms with Crippen LogP contribution in [0.25, 0.3) is 0 Å². The van der Waals surface area contributed by atoms with Gasteiger partial charge in [0.1, 0.15) is 11.6 Å². The van der Waals surface area contributed by atoms with Crippen LogP contribution >= 0.6 is 0 Å². The second-order valence-electron chi connectivity index (χ2n) is 8.65. The van der Waals surface area contributed by atoms with Gasteiger partial charge in [-0.2, -0.15) is 5.10 Å². The third kappa shape index (κ3) is 5.26. The Morgan fingerprint density at radius 1 is 1.10 bits per heavy atom. The molecule has 0 spiro atoms. The zero-order valence-electron chi connectivity index (χ0n) is 17.8. The third-order valence-corrected chi connectivity index (χ3v) is 6.36. The van der Waals surface area contributed by atoms with Gasteiger partial charge in [-0.25, -0.2) is 9.07 Å². The summed E-state index contributed by atoms with van der Waals surface area (Å²) in [6.45, 7) is 4.47. The van der Waals surface area contributed by atoms with E-state index in [-0.39, 0.29) is 17.9 Å². The molecule has 3 heterocycles. The number of benzene rings is 1. The molecule has 2 aliphatic heterocycles. The molecule has 2 fully saturated rings. The molecule has 0 saturated carbocycles. The predicted octanol–water partition coefficient (Wildman–Crippen LogP) is 2.47. The number of hydrogen-bond acceptors (Lipinski definition) is 5. The van der Waals surface area contributed by atoms with Crippen molar-refractivity contribution >= 4 is 5.82 Å². The van der Waals surface area contributed by atoms with Gasteiger partial charge in [0.25, 0.3) is 5.56 Å². The second kappa shape index (κ2) is 9.71. The maximum atomic E-state index is 13.5. The molecule has 1 aromatic heterocycles. The first kappa shape index (κ1) is 21.0. The van der Waals surface area contributed by atoms with E-state index < -0.39 is 0 Å². The summed E-state index contributed by atoms with van der Waals surface area (Å²) in [5, 5.41) is 8.43. The quantitative estimate of drug-likeness (QED) is 0.789. The number of nitrogens with zero attached hydrogens (tertiary/aromatic N) is 4. The maximum Gasteiger partial charge on any atom is 0.267 e. The van der Waals surface area contributed by atoms with Crippen LogP contribution in [0.4, 0.5) is 10.2 Å². The van der Waals surface area contributed by atoms with Crippen LogP contribution in [-0.4, -0.2) is 60.0 Å². The fourth-order valence-electron chi connectivity index (χ4n) is 4.54. The highest BCUT2D eigenvalue weighted by molar-refractivity contribution is 5.39. The minimum Gasteiger partial charge on any atom is -0.351 e. The maximum absolute atomic E-state index is 13.5. The first-order valence-corrected chi connectivity index (χ1v) is 11.1. The molecule has 6 nitrogen and oxygen atoms in total. The van der Waals surface area contributed by atoms with E-state index in [9.17, 15) is 9.18 Å². The summed E-state index contributed by atoms with van der Waals surface area (Å²) in [6, 6.07) is 10.7. The highest BCUT2D eigenvalue weighted by atomic mass is 19.1. The molecule has 2 saturated heterocycles. The van der Waals surface area contributed by atoms with Gasteiger partial charge in [-0.15, -0.1) is 0 Å². The van der Waals surface area contributed by atoms with Crippen molar-refractivity contribution in [2.75, 3.05) is 38.1 Å². The van der Waals surface area contributed by atoms with Gasteiger partial charge in [-0.3, -0.25) is 4.79 Å². The third-order valence-electron chi connectivity index (χ3n) is 6.36. The Balaban J connectivity index is 1.46. The first-order valence-electron chi connectivity index (χ1n) is 11.1. The second-order valence-corrected chi connectivity index (χ2v) is 8.65. The molecule has 0 bridgehead atoms. The van der Waals surface area contributed by atoms with E-state index >= 15 is 0 Å². The Hall–Kier alpha value is -2.25. The van der Waals surface area contributed by atoms with Gasteiger partial charge in [0, 0.05) is 31.2 Å². The van der Waals surface area contributed by atoms with E-state index in [1.807, 2.05) is 12.1 Å². The van der Waals surface area contributed by atoms with E-state index in [0.717, 1.165) is 50.4 Å². The van der Waals surface area contributed by atoms with E-state index in [4.69, 9.17) is 0 Å². The summed E-state index contributed by atoms with van der Waals surface area (Å²) in [5.74, 6) is 0.536. The molecule has 0 radical (unpaired) electrons. The fourth-order valence-corrected chi connectivity index (χ4v) is 4.54. The molecule has 4 rings (SSSR count). The van der Waals surface area contributed by atoms with Crippen LogP contribution < -0.4 is 15.8 Å². The summed E-state index contributed by atoms with van der Waals surface area (Å²) in [6.07, 6.45) is 5.87. The van der Waals surface area contributed by atoms with Crippen LogP contribution in [-0.2, 0) is 6.54 Å². The smallest absolute Gasteiger partial charge is 0.267 e. The highest BCUT2D eigenvalue weighted by Crippen LogP contribution is 2.22. The molecule has 1 aromatic carbocycles. The number of hydrogen-bond donors (Lipinski definition) is 1. The van der Waals surface area contributed by atoms with Gasteiger partial charge >= 0.3 is 0 Å². The Morgan fingerprint density at radius 3 is 2.73 bits per heavy atom. The van der Waals surface area contributed by atoms with Crippen LogP contribution in [0.5, 0.6) is 0 Å². The molecule has 0 amide bonds. The number of aromatic nitrogens is 2. The van der Waals surface area contributed by atoms with Gasteiger partial charge in [-0.1, -0.05) is 12.1 Å². The minimum atomic E-state index is -0.298. The predicted molar refractivity (Wildman–Crippen MR) is 118 cm³/mol. The van der Waals surface area contributed by atoms with E-state index in [1.54, 1.807) is 12.1 Å². The molecule has 1 atom stereocenters. The normalized spacial score (nSPS) is 21.1. The van der Waals surface area contributed by atoms with Gasteiger partial charge in [0.05, 0.1) is 6.54 Å². The zero-order valence-corrected chi connectivity index (χ0v) is 17.8. The Bertz CT molecular complexity index is 893. The summed E-state index contributed by atoms with van der Waals surface area (Å²) in [4.78, 5) is 17.1. The fraction of sp³-hybridized carbons (Fsp3) is 0.565. The number of likely N-dealkylation sites (tertiary alicyclic amines) is 1. The molecule has 0 aliphatic carbocycles. The lowest BCUT2D eigenvalue weighted by molar-refractivity contribution is 0.231. The van der Waals surface area contributed by atoms with Crippen molar-refractivity contribution in [3.63, 3.8) is 0 Å². The highest BCUT2D eigenvalue weighted by Gasteiger charge is 2.25. The lowest BCUT2D eigenvalue weighted by atomic mass is 10.00. The van der Waals surface area contributed by atoms with Crippen molar-refractivity contribution in [2.24, 2.45) is 0 Å². The largest absolute Gasteiger partial charge is 0.351 e. The Labute approximate surface area is 177 Å². The van der Waals surface area contributed by atoms with Crippen molar-refractivity contribution in [3.8, 4) is 0 Å². The molecule has 1 unspecified atom stereocenters. The zero-order chi connectivity index (χ0) is 20.9. The Kier molecular flexibility index (Phi) is 6.79. The van der Waals surface area contributed by atoms with Gasteiger partial charge < -0.3 is 15.1 Å². The molecular weight excluding hydrogens is 381 g/mol. The topological polar surface area (TPSA) is 53.4 Å². The van der Waals surface area contributed by atoms with Crippen molar-refractivity contribution in [1.82, 2.24) is 20.0 Å². The van der Waals surface area contributed by atoms with Crippen molar-refractivity contribution in [1.29, 1.82) is 0 Å². The van der Waals surface area contributed by atoms with Crippen molar-refractivity contribution < 1.29 is 4.39 Å². The van der Waals surface area contributed by atoms with Gasteiger partial charge in [0.15, 0.2) is 0 Å². The van der Waals surface area contributed by atoms with Gasteiger partial charge in [0.2, 0.25) is 0 Å². The molecule has 2 aliphatic rings. The number of halogens is 1. The molecule has 30 heavy (non-hydrogen) atoms. The number of piperidine rings is 2. The number of anilines is 1. The molecular formula is C23H32FN5O. The van der Waals surface area contributed by atoms with Crippen LogP contribution in [0, 0.1) is 5.82 Å². The minimum absolute atomic E-state index is 0.166. The lowest BCUT2D eigenvalue weighted by Gasteiger charge is -2.38. The van der Waals surface area contributed by atoms with Crippen LogP contribution in [0.2, 0.25) is 0 Å². The molecule has 7 heteroatoms. The number of rotatable bonds is 6. The van der Waals surface area contributed by atoms with E-state index in [0.29, 0.717) is 12.1 Å². The van der Waals surface area contributed by atoms with Gasteiger partial charge in [-0.05, 0) is 76.0 Å². The monoisotopic (exact) mass is 413 g/mol. The average molecular weight is 414 g/mol. The van der Waals surface area contributed by atoms with Crippen LogP contribution in [0.15, 0.2) is 41.2 Å². The van der Waals surface area contributed by atoms with Crippen molar-refractivity contribution in [2.45, 2.75) is 50.7 Å².